The number of aromatic nitrogens is 4. The summed E-state index contributed by atoms with van der Waals surface area (Å²) in [4.78, 5) is 27.1. The van der Waals surface area contributed by atoms with Crippen LogP contribution in [-0.4, -0.2) is 64.8 Å². The van der Waals surface area contributed by atoms with Crippen molar-refractivity contribution < 1.29 is 49.4 Å². The summed E-state index contributed by atoms with van der Waals surface area (Å²) in [5.74, 6) is 0. The van der Waals surface area contributed by atoms with Crippen LogP contribution in [0.2, 0.25) is 0 Å². The summed E-state index contributed by atoms with van der Waals surface area (Å²) in [7, 11) is -12.2. The molecule has 0 unspecified atom stereocenters. The molecule has 0 saturated heterocycles. The van der Waals surface area contributed by atoms with E-state index in [0.29, 0.717) is 0 Å². The SMILES string of the molecule is O=S(=O)(O)O.O=S(=O)(O)O.O=[P+](O)O.c1c[nH]cn1.c1c[nH]cn1. The van der Waals surface area contributed by atoms with Crippen molar-refractivity contribution in [2.24, 2.45) is 0 Å². The first-order valence-electron chi connectivity index (χ1n) is 4.83. The zero-order chi connectivity index (χ0) is 19.6. The number of aromatic amines is 2. The Balaban J connectivity index is -0.000000230. The van der Waals surface area contributed by atoms with Gasteiger partial charge in [-0.25, -0.2) is 9.97 Å². The summed E-state index contributed by atoms with van der Waals surface area (Å²) in [6.07, 6.45) is 10.2. The maximum atomic E-state index is 8.74. The molecule has 140 valence electrons. The second kappa shape index (κ2) is 16.1. The van der Waals surface area contributed by atoms with Gasteiger partial charge >= 0.3 is 29.1 Å². The summed E-state index contributed by atoms with van der Waals surface area (Å²) in [6.45, 7) is 0. The molecule has 0 aliphatic carbocycles. The van der Waals surface area contributed by atoms with E-state index in [1.54, 1.807) is 37.4 Å². The highest BCUT2D eigenvalue weighted by molar-refractivity contribution is 7.80. The minimum absolute atomic E-state index is 1.62. The van der Waals surface area contributed by atoms with Crippen LogP contribution in [0.4, 0.5) is 0 Å². The number of hydrogen-bond acceptors (Lipinski definition) is 7. The van der Waals surface area contributed by atoms with Crippen LogP contribution in [0.3, 0.4) is 0 Å². The van der Waals surface area contributed by atoms with Gasteiger partial charge in [-0.05, 0) is 0 Å². The maximum Gasteiger partial charge on any atom is 0.692 e. The predicted molar refractivity (Wildman–Crippen MR) is 77.6 cm³/mol. The summed E-state index contributed by atoms with van der Waals surface area (Å²) in [5.41, 5.74) is 0. The van der Waals surface area contributed by atoms with Crippen LogP contribution in [0.15, 0.2) is 37.4 Å². The van der Waals surface area contributed by atoms with E-state index < -0.39 is 29.1 Å². The Morgan fingerprint density at radius 1 is 0.750 bits per heavy atom. The molecular weight excluding hydrogens is 399 g/mol. The van der Waals surface area contributed by atoms with Crippen LogP contribution in [0.1, 0.15) is 0 Å². The molecule has 8 N–H and O–H groups in total. The predicted octanol–water partition coefficient (Wildman–Crippen LogP) is -0.858. The van der Waals surface area contributed by atoms with Crippen LogP contribution in [0.25, 0.3) is 0 Å². The van der Waals surface area contributed by atoms with Gasteiger partial charge in [0, 0.05) is 29.4 Å². The Kier molecular flexibility index (Phi) is 18.1. The van der Waals surface area contributed by atoms with E-state index in [0.717, 1.165) is 0 Å². The molecule has 0 fully saturated rings. The van der Waals surface area contributed by atoms with Gasteiger partial charge in [-0.2, -0.15) is 16.8 Å². The minimum atomic E-state index is -4.67. The Hall–Kier alpha value is -1.82. The number of hydrogen-bond donors (Lipinski definition) is 8. The Morgan fingerprint density at radius 2 is 0.958 bits per heavy atom. The molecule has 0 radical (unpaired) electrons. The zero-order valence-corrected chi connectivity index (χ0v) is 13.9. The molecule has 0 saturated carbocycles. The summed E-state index contributed by atoms with van der Waals surface area (Å²) >= 11 is 0. The van der Waals surface area contributed by atoms with E-state index in [9.17, 15) is 0 Å². The molecule has 0 aliphatic rings. The van der Waals surface area contributed by atoms with Gasteiger partial charge in [0.1, 0.15) is 0 Å². The highest BCUT2D eigenvalue weighted by atomic mass is 32.3. The molecule has 24 heavy (non-hydrogen) atoms. The molecule has 0 aromatic carbocycles. The van der Waals surface area contributed by atoms with E-state index >= 15 is 0 Å². The van der Waals surface area contributed by atoms with Crippen molar-refractivity contribution in [1.82, 2.24) is 19.9 Å². The Morgan fingerprint density at radius 3 is 1.00 bits per heavy atom. The van der Waals surface area contributed by atoms with Crippen molar-refractivity contribution >= 4 is 29.1 Å². The highest BCUT2D eigenvalue weighted by Crippen LogP contribution is 1.98. The molecule has 2 heterocycles. The van der Waals surface area contributed by atoms with E-state index in [-0.39, 0.29) is 0 Å². The molecule has 0 amide bonds. The summed E-state index contributed by atoms with van der Waals surface area (Å²) in [5, 5.41) is 0. The number of nitrogens with zero attached hydrogens (tertiary/aromatic N) is 2. The fraction of sp³-hybridized carbons (Fsp3) is 0. The van der Waals surface area contributed by atoms with Gasteiger partial charge in [-0.3, -0.25) is 18.2 Å². The lowest BCUT2D eigenvalue weighted by Gasteiger charge is -1.68. The van der Waals surface area contributed by atoms with Crippen molar-refractivity contribution in [1.29, 1.82) is 0 Å². The Labute approximate surface area is 136 Å². The van der Waals surface area contributed by atoms with Gasteiger partial charge in [-0.1, -0.05) is 0 Å². The van der Waals surface area contributed by atoms with Crippen molar-refractivity contribution in [2.45, 2.75) is 0 Å². The van der Waals surface area contributed by atoms with Gasteiger partial charge in [-0.15, -0.1) is 9.79 Å². The lowest BCUT2D eigenvalue weighted by atomic mass is 11.0. The van der Waals surface area contributed by atoms with Crippen molar-refractivity contribution in [3.8, 4) is 0 Å². The lowest BCUT2D eigenvalue weighted by molar-refractivity contribution is 0.378. The number of nitrogens with one attached hydrogen (secondary N) is 2. The third-order valence-electron chi connectivity index (χ3n) is 0.812. The van der Waals surface area contributed by atoms with E-state index in [2.05, 4.69) is 19.9 Å². The van der Waals surface area contributed by atoms with Gasteiger partial charge < -0.3 is 9.97 Å². The standard InChI is InChI=1S/2C3H4N2.2H2O4S.HO3P/c2*1-2-5-3-4-1;2*1-5(2,3)4;1-4(2)3/h2*1-3H,(H,4,5);2*(H2,1,2,3,4);(H-,1,2,3)/p+1. The topological polar surface area (TPSA) is 264 Å². The Bertz CT molecular complexity index is 574. The fourth-order valence-electron chi connectivity index (χ4n) is 0.430. The van der Waals surface area contributed by atoms with Gasteiger partial charge in [0.25, 0.3) is 0 Å². The molecule has 15 nitrogen and oxygen atoms in total. The lowest BCUT2D eigenvalue weighted by Crippen LogP contribution is -1.89. The molecule has 0 spiro atoms. The van der Waals surface area contributed by atoms with Crippen molar-refractivity contribution in [3.05, 3.63) is 37.4 Å². The number of imidazole rings is 2. The van der Waals surface area contributed by atoms with E-state index in [1.807, 2.05) is 0 Å². The van der Waals surface area contributed by atoms with Crippen LogP contribution in [-0.2, 0) is 25.4 Å². The summed E-state index contributed by atoms with van der Waals surface area (Å²) < 4.78 is 71.9. The van der Waals surface area contributed by atoms with E-state index in [4.69, 9.17) is 49.4 Å². The first-order chi connectivity index (χ1) is 10.7. The van der Waals surface area contributed by atoms with Crippen LogP contribution in [0, 0.1) is 0 Å². The average molecular weight is 413 g/mol. The quantitative estimate of drug-likeness (QED) is 0.193. The number of H-pyrrole nitrogens is 2. The molecule has 2 aromatic rings. The molecule has 18 heteroatoms. The van der Waals surface area contributed by atoms with Crippen LogP contribution < -0.4 is 0 Å². The summed E-state index contributed by atoms with van der Waals surface area (Å²) in [6, 6.07) is 0. The third-order valence-corrected chi connectivity index (χ3v) is 0.812. The molecule has 0 aliphatic heterocycles. The first kappa shape index (κ1) is 27.0. The highest BCUT2D eigenvalue weighted by Gasteiger charge is 1.93. The maximum absolute atomic E-state index is 8.74. The molecule has 2 rings (SSSR count). The normalized spacial score (nSPS) is 9.25. The largest absolute Gasteiger partial charge is 0.692 e. The molecule has 0 bridgehead atoms. The monoisotopic (exact) mass is 413 g/mol. The zero-order valence-electron chi connectivity index (χ0n) is 11.3. The first-order valence-corrected chi connectivity index (χ1v) is 8.79. The second-order valence-electron chi connectivity index (χ2n) is 2.67. The smallest absolute Gasteiger partial charge is 0.351 e. The fourth-order valence-corrected chi connectivity index (χ4v) is 0.430. The van der Waals surface area contributed by atoms with Crippen LogP contribution in [0.5, 0.6) is 0 Å². The molecular formula is C6H14N4O11PS2+. The molecule has 2 aromatic heterocycles. The average Bonchev–Trinajstić information content (AvgIpc) is 3.03. The third kappa shape index (κ3) is 111. The van der Waals surface area contributed by atoms with Crippen molar-refractivity contribution in [3.63, 3.8) is 0 Å². The van der Waals surface area contributed by atoms with Crippen molar-refractivity contribution in [2.75, 3.05) is 0 Å². The molecule has 0 atom stereocenters. The van der Waals surface area contributed by atoms with Gasteiger partial charge in [0.2, 0.25) is 0 Å². The second-order valence-corrected chi connectivity index (χ2v) is 4.97. The van der Waals surface area contributed by atoms with Gasteiger partial charge in [0.05, 0.1) is 12.7 Å². The minimum Gasteiger partial charge on any atom is -0.351 e. The van der Waals surface area contributed by atoms with Crippen LogP contribution >= 0.6 is 8.25 Å². The number of rotatable bonds is 0. The van der Waals surface area contributed by atoms with E-state index in [1.165, 1.54) is 0 Å². The van der Waals surface area contributed by atoms with Gasteiger partial charge in [0.15, 0.2) is 0 Å².